The summed E-state index contributed by atoms with van der Waals surface area (Å²) in [6.07, 6.45) is 0. The summed E-state index contributed by atoms with van der Waals surface area (Å²) in [7, 11) is 1.75. The Morgan fingerprint density at radius 1 is 0.283 bits per heavy atom. The van der Waals surface area contributed by atoms with Crippen LogP contribution in [-0.2, 0) is 0 Å². The zero-order chi connectivity index (χ0) is 29.8. The van der Waals surface area contributed by atoms with Crippen molar-refractivity contribution in [2.45, 2.75) is 0 Å². The smallest absolute Gasteiger partial charge is 0.119 e. The zero-order valence-corrected chi connectivity index (χ0v) is 25.0. The number of methoxy groups -OCH3 is 1. The topological polar surface area (TPSA) is 9.23 Å². The van der Waals surface area contributed by atoms with E-state index in [2.05, 4.69) is 127 Å². The van der Waals surface area contributed by atoms with Crippen LogP contribution in [-0.4, -0.2) is 7.11 Å². The predicted molar refractivity (Wildman–Crippen MR) is 196 cm³/mol. The normalized spacial score (nSPS) is 12.9. The molecule has 0 amide bonds. The summed E-state index contributed by atoms with van der Waals surface area (Å²) < 4.78 is 5.62. The first-order chi connectivity index (χ1) is 22.8. The van der Waals surface area contributed by atoms with Crippen LogP contribution in [0, 0.1) is 0 Å². The molecule has 0 atom stereocenters. The van der Waals surface area contributed by atoms with Crippen LogP contribution in [0.3, 0.4) is 0 Å². The highest BCUT2D eigenvalue weighted by molar-refractivity contribution is 6.40. The molecule has 2 aliphatic rings. The van der Waals surface area contributed by atoms with Crippen molar-refractivity contribution < 1.29 is 4.74 Å². The highest BCUT2D eigenvalue weighted by Gasteiger charge is 2.29. The Morgan fingerprint density at radius 2 is 0.652 bits per heavy atom. The van der Waals surface area contributed by atoms with Gasteiger partial charge in [0.1, 0.15) is 5.75 Å². The zero-order valence-electron chi connectivity index (χ0n) is 25.0. The lowest BCUT2D eigenvalue weighted by Gasteiger charge is -2.16. The van der Waals surface area contributed by atoms with Crippen LogP contribution in [0.1, 0.15) is 0 Å². The van der Waals surface area contributed by atoms with E-state index in [4.69, 9.17) is 4.74 Å². The van der Waals surface area contributed by atoms with Crippen molar-refractivity contribution in [3.8, 4) is 50.3 Å². The molecule has 0 spiro atoms. The van der Waals surface area contributed by atoms with Crippen molar-refractivity contribution in [1.82, 2.24) is 0 Å². The van der Waals surface area contributed by atoms with E-state index in [9.17, 15) is 0 Å². The van der Waals surface area contributed by atoms with Crippen LogP contribution in [0.2, 0.25) is 0 Å². The van der Waals surface area contributed by atoms with Crippen LogP contribution >= 0.6 is 0 Å². The fraction of sp³-hybridized carbons (Fsp3) is 0.0222. The Labute approximate surface area is 264 Å². The number of fused-ring (bicyclic) bond motifs is 14. The number of ether oxygens (including phenoxy) is 1. The molecule has 0 heterocycles. The summed E-state index contributed by atoms with van der Waals surface area (Å²) in [6.45, 7) is 0. The molecule has 46 heavy (non-hydrogen) atoms. The van der Waals surface area contributed by atoms with Crippen LogP contribution in [0.4, 0.5) is 0 Å². The van der Waals surface area contributed by atoms with Crippen molar-refractivity contribution >= 4 is 75.4 Å². The molecule has 1 nitrogen and oxygen atoms in total. The molecule has 0 unspecified atom stereocenters. The Hall–Kier alpha value is -5.92. The number of rotatable bonds is 1. The second-order valence-corrected chi connectivity index (χ2v) is 13.1. The predicted octanol–water partition coefficient (Wildman–Crippen LogP) is 12.5. The molecule has 0 N–H and O–H groups in total. The summed E-state index contributed by atoms with van der Waals surface area (Å²) in [5.74, 6) is 0.901. The molecular weight excluding hydrogens is 556 g/mol. The van der Waals surface area contributed by atoms with Gasteiger partial charge in [-0.05, 0) is 144 Å². The average Bonchev–Trinajstić information content (AvgIpc) is 3.62. The summed E-state index contributed by atoms with van der Waals surface area (Å²) in [6, 6.07) is 48.2. The Bertz CT molecular complexity index is 2920. The molecule has 210 valence electrons. The lowest BCUT2D eigenvalue weighted by molar-refractivity contribution is 0.415. The minimum absolute atomic E-state index is 0.901. The molecule has 1 heteroatoms. The van der Waals surface area contributed by atoms with Gasteiger partial charge in [0, 0.05) is 0 Å². The van der Waals surface area contributed by atoms with Gasteiger partial charge in [-0.25, -0.2) is 0 Å². The minimum Gasteiger partial charge on any atom is -0.497 e. The summed E-state index contributed by atoms with van der Waals surface area (Å²) in [5.41, 5.74) is 10.6. The van der Waals surface area contributed by atoms with Crippen molar-refractivity contribution in [2.24, 2.45) is 0 Å². The Morgan fingerprint density at radius 3 is 1.09 bits per heavy atom. The molecule has 2 aliphatic carbocycles. The average molecular weight is 581 g/mol. The highest BCUT2D eigenvalue weighted by atomic mass is 16.5. The molecule has 10 aromatic carbocycles. The molecule has 0 saturated heterocycles. The van der Waals surface area contributed by atoms with Gasteiger partial charge in [0.2, 0.25) is 0 Å². The van der Waals surface area contributed by atoms with Crippen LogP contribution in [0.5, 0.6) is 5.75 Å². The van der Waals surface area contributed by atoms with E-state index in [0.717, 1.165) is 5.75 Å². The van der Waals surface area contributed by atoms with E-state index in [1.54, 1.807) is 7.11 Å². The molecule has 0 saturated carbocycles. The van der Waals surface area contributed by atoms with Crippen LogP contribution in [0.15, 0.2) is 127 Å². The maximum Gasteiger partial charge on any atom is 0.119 e. The Kier molecular flexibility index (Phi) is 3.99. The van der Waals surface area contributed by atoms with Gasteiger partial charge in [0.25, 0.3) is 0 Å². The van der Waals surface area contributed by atoms with Gasteiger partial charge in [-0.2, -0.15) is 0 Å². The van der Waals surface area contributed by atoms with Crippen LogP contribution in [0.25, 0.3) is 120 Å². The summed E-state index contributed by atoms with van der Waals surface area (Å²) in [4.78, 5) is 0. The van der Waals surface area contributed by atoms with E-state index < -0.39 is 0 Å². The molecule has 0 fully saturated rings. The first-order valence-electron chi connectivity index (χ1n) is 16.1. The van der Waals surface area contributed by atoms with Crippen molar-refractivity contribution in [3.63, 3.8) is 0 Å². The lowest BCUT2D eigenvalue weighted by atomic mass is 9.86. The fourth-order valence-corrected chi connectivity index (χ4v) is 9.29. The minimum atomic E-state index is 0.901. The van der Waals surface area contributed by atoms with Crippen molar-refractivity contribution in [3.05, 3.63) is 127 Å². The van der Waals surface area contributed by atoms with Crippen LogP contribution < -0.4 is 4.74 Å². The van der Waals surface area contributed by atoms with Gasteiger partial charge >= 0.3 is 0 Å². The standard InChI is InChI=1S/C45H24O/c1-46-23-10-11-28-29-12-13-30-32-15-18-35-40-21-38-26-8-4-2-6-24(26)25-7-3-5-9-27(25)39(38)22-41(40)36-19-16-33(44(32)45(35)36)31-14-17-34(37(28)20-23)42(29)43(30)31/h2-22H,1H3. The van der Waals surface area contributed by atoms with Crippen molar-refractivity contribution in [1.29, 1.82) is 0 Å². The monoisotopic (exact) mass is 580 g/mol. The summed E-state index contributed by atoms with van der Waals surface area (Å²) in [5, 5.41) is 18.8. The van der Waals surface area contributed by atoms with E-state index in [-0.39, 0.29) is 0 Å². The third-order valence-corrected chi connectivity index (χ3v) is 11.2. The highest BCUT2D eigenvalue weighted by Crippen LogP contribution is 2.56. The number of hydrogen-bond donors (Lipinski definition) is 0. The molecule has 0 bridgehead atoms. The van der Waals surface area contributed by atoms with Gasteiger partial charge in [0.05, 0.1) is 7.11 Å². The van der Waals surface area contributed by atoms with Gasteiger partial charge < -0.3 is 4.74 Å². The van der Waals surface area contributed by atoms with Gasteiger partial charge in [-0.1, -0.05) is 103 Å². The van der Waals surface area contributed by atoms with E-state index >= 15 is 0 Å². The van der Waals surface area contributed by atoms with Gasteiger partial charge in [0.15, 0.2) is 0 Å². The molecule has 0 aliphatic heterocycles. The third-order valence-electron chi connectivity index (χ3n) is 11.2. The molecule has 0 radical (unpaired) electrons. The number of hydrogen-bond acceptors (Lipinski definition) is 1. The molecule has 0 aromatic heterocycles. The Balaban J connectivity index is 1.21. The second-order valence-electron chi connectivity index (χ2n) is 13.1. The molecular formula is C45H24O. The SMILES string of the molecule is COc1ccc2c(c1)-c1ccc3c4ccc5c6c(ccc(c7ccc-2c1c73)c64)-c1cc2c3ccccc3c3ccccc3c2cc1-5. The van der Waals surface area contributed by atoms with Gasteiger partial charge in [-0.15, -0.1) is 0 Å². The first kappa shape index (κ1) is 23.5. The van der Waals surface area contributed by atoms with Crippen molar-refractivity contribution in [2.75, 3.05) is 7.11 Å². The maximum atomic E-state index is 5.62. The lowest BCUT2D eigenvalue weighted by Crippen LogP contribution is -1.88. The van der Waals surface area contributed by atoms with E-state index in [0.29, 0.717) is 0 Å². The summed E-state index contributed by atoms with van der Waals surface area (Å²) >= 11 is 0. The molecule has 10 aromatic rings. The first-order valence-corrected chi connectivity index (χ1v) is 16.1. The molecule has 12 rings (SSSR count). The van der Waals surface area contributed by atoms with E-state index in [1.807, 2.05) is 0 Å². The van der Waals surface area contributed by atoms with Gasteiger partial charge in [-0.3, -0.25) is 0 Å². The maximum absolute atomic E-state index is 5.62. The quantitative estimate of drug-likeness (QED) is 0.139. The third kappa shape index (κ3) is 2.56. The second kappa shape index (κ2) is 7.83. The fourth-order valence-electron chi connectivity index (χ4n) is 9.29. The van der Waals surface area contributed by atoms with E-state index in [1.165, 1.54) is 120 Å². The largest absolute Gasteiger partial charge is 0.497 e. The number of benzene rings is 10.